The summed E-state index contributed by atoms with van der Waals surface area (Å²) in [6.07, 6.45) is 1.79. The van der Waals surface area contributed by atoms with Gasteiger partial charge in [0.15, 0.2) is 5.11 Å². The third-order valence-corrected chi connectivity index (χ3v) is 7.95. The zero-order valence-electron chi connectivity index (χ0n) is 23.5. The van der Waals surface area contributed by atoms with E-state index in [1.54, 1.807) is 6.20 Å². The van der Waals surface area contributed by atoms with Crippen molar-refractivity contribution in [3.05, 3.63) is 108 Å². The molecule has 7 nitrogen and oxygen atoms in total. The van der Waals surface area contributed by atoms with E-state index in [1.807, 2.05) is 53.4 Å². The highest BCUT2D eigenvalue weighted by molar-refractivity contribution is 7.80. The normalized spacial score (nSPS) is 16.6. The van der Waals surface area contributed by atoms with Crippen LogP contribution in [-0.2, 0) is 4.79 Å². The minimum absolute atomic E-state index is 0.122. The van der Waals surface area contributed by atoms with Gasteiger partial charge in [-0.1, -0.05) is 24.3 Å². The molecule has 0 radical (unpaired) electrons. The number of nitrogens with zero attached hydrogens (tertiary/aromatic N) is 4. The van der Waals surface area contributed by atoms with Crippen molar-refractivity contribution in [1.29, 1.82) is 0 Å². The summed E-state index contributed by atoms with van der Waals surface area (Å²) in [7, 11) is 0. The first-order valence-corrected chi connectivity index (χ1v) is 14.2. The summed E-state index contributed by atoms with van der Waals surface area (Å²) in [6, 6.07) is 25.9. The molecule has 5 rings (SSSR count). The Morgan fingerprint density at radius 3 is 2.35 bits per heavy atom. The van der Waals surface area contributed by atoms with E-state index >= 15 is 0 Å². The second-order valence-electron chi connectivity index (χ2n) is 10.0. The Morgan fingerprint density at radius 1 is 1.00 bits per heavy atom. The fourth-order valence-electron chi connectivity index (χ4n) is 5.68. The van der Waals surface area contributed by atoms with E-state index in [1.165, 1.54) is 5.69 Å². The highest BCUT2D eigenvalue weighted by Gasteiger charge is 2.42. The van der Waals surface area contributed by atoms with E-state index in [4.69, 9.17) is 12.2 Å². The number of nitrogens with one attached hydrogen (secondary N) is 2. The van der Waals surface area contributed by atoms with Crippen LogP contribution in [0.15, 0.2) is 85.1 Å². The maximum atomic E-state index is 13.2. The predicted molar refractivity (Wildman–Crippen MR) is 166 cm³/mol. The molecule has 1 amide bonds. The summed E-state index contributed by atoms with van der Waals surface area (Å²) >= 11 is 5.81. The van der Waals surface area contributed by atoms with Gasteiger partial charge in [0.1, 0.15) is 6.54 Å². The highest BCUT2D eigenvalue weighted by Crippen LogP contribution is 2.41. The molecular formula is C32H36N6OS. The Labute approximate surface area is 241 Å². The molecule has 1 fully saturated rings. The number of pyridine rings is 1. The van der Waals surface area contributed by atoms with Crippen molar-refractivity contribution < 1.29 is 4.79 Å². The van der Waals surface area contributed by atoms with Gasteiger partial charge in [0.25, 0.3) is 0 Å². The van der Waals surface area contributed by atoms with Crippen LogP contribution in [0.2, 0.25) is 0 Å². The summed E-state index contributed by atoms with van der Waals surface area (Å²) < 4.78 is 2.28. The van der Waals surface area contributed by atoms with Gasteiger partial charge in [-0.25, -0.2) is 0 Å². The number of carbonyl (C=O) groups excluding carboxylic acids is 1. The summed E-state index contributed by atoms with van der Waals surface area (Å²) in [5.74, 6) is -0.122. The average molecular weight is 553 g/mol. The number of hydrogen-bond acceptors (Lipinski definition) is 4. The zero-order chi connectivity index (χ0) is 28.2. The van der Waals surface area contributed by atoms with Gasteiger partial charge in [0, 0.05) is 47.7 Å². The summed E-state index contributed by atoms with van der Waals surface area (Å²) in [5.41, 5.74) is 7.30. The summed E-state index contributed by atoms with van der Waals surface area (Å²) in [6.45, 7) is 10.7. The molecule has 0 bridgehead atoms. The van der Waals surface area contributed by atoms with Crippen LogP contribution < -0.4 is 15.5 Å². The van der Waals surface area contributed by atoms with Crippen LogP contribution in [0.25, 0.3) is 5.69 Å². The molecule has 3 heterocycles. The maximum absolute atomic E-state index is 13.2. The number of anilines is 2. The Kier molecular flexibility index (Phi) is 8.16. The van der Waals surface area contributed by atoms with Gasteiger partial charge in [-0.2, -0.15) is 0 Å². The largest absolute Gasteiger partial charge is 0.372 e. The van der Waals surface area contributed by atoms with E-state index in [0.717, 1.165) is 47.1 Å². The van der Waals surface area contributed by atoms with Crippen molar-refractivity contribution in [3.8, 4) is 5.69 Å². The Bertz CT molecular complexity index is 1460. The van der Waals surface area contributed by atoms with Crippen LogP contribution in [0.3, 0.4) is 0 Å². The number of thiocarbonyl (C=S) groups is 1. The van der Waals surface area contributed by atoms with Crippen LogP contribution in [0.5, 0.6) is 0 Å². The number of para-hydroxylation sites is 1. The molecule has 0 unspecified atom stereocenters. The third kappa shape index (κ3) is 5.45. The second kappa shape index (κ2) is 11.9. The van der Waals surface area contributed by atoms with Crippen LogP contribution in [-0.4, -0.2) is 45.1 Å². The van der Waals surface area contributed by atoms with Crippen LogP contribution in [0.4, 0.5) is 11.4 Å². The SMILES string of the molecule is CCN(CC)c1ccc(-n2c(C)cc([C@@H]3[C@H](c4ccccn4)NC(=S)N3CC(=O)Nc3ccccc3)c2C)cc1. The predicted octanol–water partition coefficient (Wildman–Crippen LogP) is 5.95. The van der Waals surface area contributed by atoms with Crippen LogP contribution in [0, 0.1) is 13.8 Å². The van der Waals surface area contributed by atoms with Gasteiger partial charge in [-0.15, -0.1) is 0 Å². The zero-order valence-corrected chi connectivity index (χ0v) is 24.3. The first-order chi connectivity index (χ1) is 19.4. The molecule has 0 saturated carbocycles. The fourth-order valence-corrected chi connectivity index (χ4v) is 5.98. The van der Waals surface area contributed by atoms with E-state index in [2.05, 4.69) is 83.1 Å². The highest BCUT2D eigenvalue weighted by atomic mass is 32.1. The van der Waals surface area contributed by atoms with Crippen molar-refractivity contribution in [2.24, 2.45) is 0 Å². The van der Waals surface area contributed by atoms with Gasteiger partial charge in [0.05, 0.1) is 17.8 Å². The molecule has 0 spiro atoms. The lowest BCUT2D eigenvalue weighted by atomic mass is 9.96. The minimum atomic E-state index is -0.209. The molecule has 40 heavy (non-hydrogen) atoms. The lowest BCUT2D eigenvalue weighted by molar-refractivity contribution is -0.116. The van der Waals surface area contributed by atoms with Gasteiger partial charge in [-0.3, -0.25) is 9.78 Å². The number of benzene rings is 2. The first-order valence-electron chi connectivity index (χ1n) is 13.8. The van der Waals surface area contributed by atoms with E-state index in [-0.39, 0.29) is 24.5 Å². The number of carbonyl (C=O) groups is 1. The monoisotopic (exact) mass is 552 g/mol. The molecule has 2 aromatic heterocycles. The topological polar surface area (TPSA) is 65.4 Å². The van der Waals surface area contributed by atoms with Crippen LogP contribution in [0.1, 0.15) is 48.6 Å². The molecule has 1 saturated heterocycles. The minimum Gasteiger partial charge on any atom is -0.372 e. The number of rotatable bonds is 9. The molecule has 4 aromatic rings. The van der Waals surface area contributed by atoms with E-state index in [9.17, 15) is 4.79 Å². The van der Waals surface area contributed by atoms with Crippen molar-refractivity contribution in [3.63, 3.8) is 0 Å². The van der Waals surface area contributed by atoms with Gasteiger partial charge in [-0.05, 0) is 100 Å². The molecule has 1 aliphatic heterocycles. The molecule has 2 atom stereocenters. The summed E-state index contributed by atoms with van der Waals surface area (Å²) in [4.78, 5) is 22.2. The van der Waals surface area contributed by atoms with E-state index < -0.39 is 0 Å². The smallest absolute Gasteiger partial charge is 0.244 e. The molecule has 206 valence electrons. The van der Waals surface area contributed by atoms with Gasteiger partial charge in [0.2, 0.25) is 5.91 Å². The molecule has 0 aliphatic carbocycles. The summed E-state index contributed by atoms with van der Waals surface area (Å²) in [5, 5.41) is 7.01. The van der Waals surface area contributed by atoms with Crippen molar-refractivity contribution >= 4 is 34.6 Å². The molecular weight excluding hydrogens is 516 g/mol. The maximum Gasteiger partial charge on any atom is 0.244 e. The van der Waals surface area contributed by atoms with Crippen molar-refractivity contribution in [1.82, 2.24) is 19.8 Å². The fraction of sp³-hybridized carbons (Fsp3) is 0.281. The third-order valence-electron chi connectivity index (χ3n) is 7.59. The first kappa shape index (κ1) is 27.4. The van der Waals surface area contributed by atoms with Crippen LogP contribution >= 0.6 is 12.2 Å². The Balaban J connectivity index is 1.51. The Morgan fingerprint density at radius 2 is 1.70 bits per heavy atom. The van der Waals surface area contributed by atoms with E-state index in [0.29, 0.717) is 5.11 Å². The number of amides is 1. The lowest BCUT2D eigenvalue weighted by Gasteiger charge is -2.27. The Hall–Kier alpha value is -4.17. The molecule has 2 N–H and O–H groups in total. The number of aromatic nitrogens is 2. The van der Waals surface area contributed by atoms with Gasteiger partial charge < -0.3 is 25.0 Å². The van der Waals surface area contributed by atoms with Crippen molar-refractivity contribution in [2.45, 2.75) is 39.8 Å². The molecule has 8 heteroatoms. The second-order valence-corrected chi connectivity index (χ2v) is 10.4. The number of aryl methyl sites for hydroxylation is 1. The van der Waals surface area contributed by atoms with Gasteiger partial charge >= 0.3 is 0 Å². The quantitative estimate of drug-likeness (QED) is 0.250. The molecule has 2 aromatic carbocycles. The molecule has 1 aliphatic rings. The van der Waals surface area contributed by atoms with Crippen molar-refractivity contribution in [2.75, 3.05) is 29.9 Å². The number of hydrogen-bond donors (Lipinski definition) is 2. The standard InChI is InChI=1S/C32H36N6OS/c1-5-36(6-2)25-15-17-26(18-16-25)38-22(3)20-27(23(38)4)31-30(28-14-10-11-19-33-28)35-32(40)37(31)21-29(39)34-24-12-8-7-9-13-24/h7-20,30-31H,5-6,21H2,1-4H3,(H,34,39)(H,35,40)/t30-,31+/m0/s1. The lowest BCUT2D eigenvalue weighted by Crippen LogP contribution is -2.37. The average Bonchev–Trinajstić information content (AvgIpc) is 3.45.